The number of nitro groups is 1. The lowest BCUT2D eigenvalue weighted by molar-refractivity contribution is -0.404. The predicted octanol–water partition coefficient (Wildman–Crippen LogP) is 0.693. The number of hydrogen-bond donors (Lipinski definition) is 4. The molecule has 2 aromatic heterocycles. The average molecular weight is 337 g/mol. The van der Waals surface area contributed by atoms with Gasteiger partial charge in [0.25, 0.3) is 6.20 Å². The lowest BCUT2D eigenvalue weighted by Gasteiger charge is -2.05. The third-order valence-corrected chi connectivity index (χ3v) is 3.32. The summed E-state index contributed by atoms with van der Waals surface area (Å²) in [4.78, 5) is 18.0. The van der Waals surface area contributed by atoms with Crippen LogP contribution in [0.3, 0.4) is 0 Å². The summed E-state index contributed by atoms with van der Waals surface area (Å²) in [5, 5.41) is 18.2. The van der Waals surface area contributed by atoms with Crippen LogP contribution >= 0.6 is 11.3 Å². The second-order valence-corrected chi connectivity index (χ2v) is 5.09. The van der Waals surface area contributed by atoms with Crippen molar-refractivity contribution >= 4 is 22.4 Å². The van der Waals surface area contributed by atoms with Crippen molar-refractivity contribution in [3.05, 3.63) is 45.4 Å². The largest absolute Gasteiger partial charge is 0.458 e. The van der Waals surface area contributed by atoms with E-state index < -0.39 is 4.92 Å². The highest BCUT2D eigenvalue weighted by molar-refractivity contribution is 7.13. The smallest absolute Gasteiger partial charge is 0.274 e. The minimum atomic E-state index is -0.549. The van der Waals surface area contributed by atoms with Crippen molar-refractivity contribution in [1.82, 2.24) is 15.6 Å². The maximum Gasteiger partial charge on any atom is 0.274 e. The summed E-state index contributed by atoms with van der Waals surface area (Å²) in [7, 11) is 1.58. The first-order valence-electron chi connectivity index (χ1n) is 6.39. The zero-order valence-corrected chi connectivity index (χ0v) is 13.0. The van der Waals surface area contributed by atoms with E-state index in [4.69, 9.17) is 15.9 Å². The number of nitrogens with two attached hydrogens (primary N) is 2. The van der Waals surface area contributed by atoms with E-state index in [9.17, 15) is 10.1 Å². The molecule has 2 heterocycles. The van der Waals surface area contributed by atoms with E-state index in [2.05, 4.69) is 20.6 Å². The maximum absolute atomic E-state index is 10.4. The molecule has 0 fully saturated rings. The first-order chi connectivity index (χ1) is 11.0. The van der Waals surface area contributed by atoms with Crippen LogP contribution < -0.4 is 22.1 Å². The van der Waals surface area contributed by atoms with Gasteiger partial charge in [0.1, 0.15) is 11.5 Å². The van der Waals surface area contributed by atoms with Crippen LogP contribution in [0.15, 0.2) is 38.9 Å². The SMILES string of the molecule is CN/C(=C\[N+](=O)[O-])NCc1ccc(-c2csc(N=C(N)N)n2)o1. The Balaban J connectivity index is 2.04. The van der Waals surface area contributed by atoms with Crippen LogP contribution in [0.1, 0.15) is 5.76 Å². The number of aliphatic imine (C=N–C) groups is 1. The Morgan fingerprint density at radius 3 is 3.00 bits per heavy atom. The van der Waals surface area contributed by atoms with Gasteiger partial charge in [0, 0.05) is 12.4 Å². The van der Waals surface area contributed by atoms with Gasteiger partial charge in [0.2, 0.25) is 5.13 Å². The van der Waals surface area contributed by atoms with Crippen LogP contribution in [0.2, 0.25) is 0 Å². The second kappa shape index (κ2) is 7.26. The summed E-state index contributed by atoms with van der Waals surface area (Å²) in [6.45, 7) is 0.283. The minimum absolute atomic E-state index is 0.0626. The highest BCUT2D eigenvalue weighted by atomic mass is 32.1. The molecule has 0 atom stereocenters. The molecule has 0 aliphatic rings. The summed E-state index contributed by atoms with van der Waals surface area (Å²) >= 11 is 1.28. The fraction of sp³-hybridized carbons (Fsp3) is 0.167. The molecule has 0 saturated carbocycles. The zero-order valence-electron chi connectivity index (χ0n) is 12.1. The number of furan rings is 1. The summed E-state index contributed by atoms with van der Waals surface area (Å²) in [5.74, 6) is 1.37. The first-order valence-corrected chi connectivity index (χ1v) is 7.27. The Kier molecular flexibility index (Phi) is 5.15. The standard InChI is InChI=1S/C12H15N7O3S/c1-15-10(5-19(20)21)16-4-7-2-3-9(22-7)8-6-23-12(17-8)18-11(13)14/h2-3,5-6,15-16H,4H2,1H3,(H4,13,14,17,18)/b10-5+. The Labute approximate surface area is 135 Å². The second-order valence-electron chi connectivity index (χ2n) is 4.25. The fourth-order valence-corrected chi connectivity index (χ4v) is 2.33. The van der Waals surface area contributed by atoms with Gasteiger partial charge in [0.15, 0.2) is 17.5 Å². The number of rotatable bonds is 7. The van der Waals surface area contributed by atoms with Crippen LogP contribution in [-0.2, 0) is 6.54 Å². The molecule has 0 unspecified atom stereocenters. The molecule has 0 saturated heterocycles. The number of hydrogen-bond acceptors (Lipinski definition) is 8. The third kappa shape index (κ3) is 4.71. The van der Waals surface area contributed by atoms with E-state index in [1.54, 1.807) is 24.6 Å². The van der Waals surface area contributed by atoms with Gasteiger partial charge in [-0.05, 0) is 12.1 Å². The number of nitrogens with one attached hydrogen (secondary N) is 2. The quantitative estimate of drug-likeness (QED) is 0.249. The average Bonchev–Trinajstić information content (AvgIpc) is 3.11. The summed E-state index contributed by atoms with van der Waals surface area (Å²) in [6, 6.07) is 3.50. The van der Waals surface area contributed by atoms with Crippen LogP contribution in [-0.4, -0.2) is 22.9 Å². The number of guanidine groups is 1. The van der Waals surface area contributed by atoms with Crippen LogP contribution in [0, 0.1) is 10.1 Å². The molecule has 23 heavy (non-hydrogen) atoms. The molecule has 0 bridgehead atoms. The summed E-state index contributed by atoms with van der Waals surface area (Å²) < 4.78 is 5.63. The molecule has 0 radical (unpaired) electrons. The van der Waals surface area contributed by atoms with Crippen molar-refractivity contribution in [3.63, 3.8) is 0 Å². The topological polar surface area (TPSA) is 158 Å². The van der Waals surface area contributed by atoms with E-state index in [0.29, 0.717) is 22.3 Å². The predicted molar refractivity (Wildman–Crippen MR) is 86.3 cm³/mol. The highest BCUT2D eigenvalue weighted by Crippen LogP contribution is 2.27. The van der Waals surface area contributed by atoms with Gasteiger partial charge in [-0.25, -0.2) is 4.98 Å². The molecule has 2 rings (SSSR count). The van der Waals surface area contributed by atoms with Gasteiger partial charge in [-0.2, -0.15) is 4.99 Å². The maximum atomic E-state index is 10.4. The molecule has 0 amide bonds. The molecular formula is C12H15N7O3S. The van der Waals surface area contributed by atoms with Gasteiger partial charge in [-0.15, -0.1) is 11.3 Å². The van der Waals surface area contributed by atoms with Gasteiger partial charge < -0.3 is 26.5 Å². The molecule has 10 nitrogen and oxygen atoms in total. The lowest BCUT2D eigenvalue weighted by Crippen LogP contribution is -2.23. The molecule has 0 spiro atoms. The summed E-state index contributed by atoms with van der Waals surface area (Å²) in [6.07, 6.45) is 0.839. The highest BCUT2D eigenvalue weighted by Gasteiger charge is 2.10. The van der Waals surface area contributed by atoms with Crippen LogP contribution in [0.4, 0.5) is 5.13 Å². The molecule has 2 aromatic rings. The Morgan fingerprint density at radius 1 is 1.57 bits per heavy atom. The van der Waals surface area contributed by atoms with Crippen LogP contribution in [0.25, 0.3) is 11.5 Å². The number of thiazole rings is 1. The zero-order chi connectivity index (χ0) is 16.8. The Hall–Kier alpha value is -3.08. The third-order valence-electron chi connectivity index (χ3n) is 2.59. The van der Waals surface area contributed by atoms with E-state index in [1.165, 1.54) is 11.3 Å². The number of nitrogens with zero attached hydrogens (tertiary/aromatic N) is 3. The van der Waals surface area contributed by atoms with Crippen molar-refractivity contribution in [3.8, 4) is 11.5 Å². The molecule has 0 aliphatic carbocycles. The van der Waals surface area contributed by atoms with Crippen molar-refractivity contribution in [2.24, 2.45) is 16.5 Å². The van der Waals surface area contributed by atoms with Gasteiger partial charge in [-0.1, -0.05) is 0 Å². The van der Waals surface area contributed by atoms with E-state index >= 15 is 0 Å². The molecule has 122 valence electrons. The number of aromatic nitrogens is 1. The van der Waals surface area contributed by atoms with Gasteiger partial charge in [0.05, 0.1) is 11.5 Å². The van der Waals surface area contributed by atoms with Gasteiger partial charge in [-0.3, -0.25) is 10.1 Å². The Bertz CT molecular complexity index is 745. The van der Waals surface area contributed by atoms with Crippen molar-refractivity contribution in [2.75, 3.05) is 7.05 Å². The molecular weight excluding hydrogens is 322 g/mol. The molecule has 6 N–H and O–H groups in total. The lowest BCUT2D eigenvalue weighted by atomic mass is 10.3. The van der Waals surface area contributed by atoms with Crippen molar-refractivity contribution in [2.45, 2.75) is 6.54 Å². The fourth-order valence-electron chi connectivity index (χ4n) is 1.64. The van der Waals surface area contributed by atoms with Crippen molar-refractivity contribution < 1.29 is 9.34 Å². The molecule has 0 aromatic carbocycles. The molecule has 11 heteroatoms. The minimum Gasteiger partial charge on any atom is -0.458 e. The van der Waals surface area contributed by atoms with E-state index in [0.717, 1.165) is 6.20 Å². The molecule has 0 aliphatic heterocycles. The van der Waals surface area contributed by atoms with Gasteiger partial charge >= 0.3 is 0 Å². The Morgan fingerprint density at radius 2 is 2.35 bits per heavy atom. The van der Waals surface area contributed by atoms with Crippen molar-refractivity contribution in [1.29, 1.82) is 0 Å². The van der Waals surface area contributed by atoms with E-state index in [1.807, 2.05) is 0 Å². The van der Waals surface area contributed by atoms with E-state index in [-0.39, 0.29) is 18.3 Å². The first kappa shape index (κ1) is 16.3. The normalized spacial score (nSPS) is 11.1. The summed E-state index contributed by atoms with van der Waals surface area (Å²) in [5.41, 5.74) is 11.2. The van der Waals surface area contributed by atoms with Crippen LogP contribution in [0.5, 0.6) is 0 Å². The monoisotopic (exact) mass is 337 g/mol.